The number of rotatable bonds is 3. The highest BCUT2D eigenvalue weighted by molar-refractivity contribution is 7.82. The minimum atomic E-state index is -0.671. The lowest BCUT2D eigenvalue weighted by molar-refractivity contribution is 0.127. The van der Waals surface area contributed by atoms with Crippen LogP contribution in [-0.2, 0) is 4.74 Å². The second-order valence-electron chi connectivity index (χ2n) is 5.60. The summed E-state index contributed by atoms with van der Waals surface area (Å²) in [5.41, 5.74) is -0.219. The maximum atomic E-state index is 13.6. The van der Waals surface area contributed by atoms with Gasteiger partial charge in [-0.1, -0.05) is 12.8 Å². The standard InChI is InChI=1S/C14H20FNO3S/c1-9(2)18-13(17)16(20)11-6-10(15)7-12(8-11)19-14(3,4)5/h6-9,20H,1-5H3. The lowest BCUT2D eigenvalue weighted by atomic mass is 10.2. The van der Waals surface area contributed by atoms with E-state index in [2.05, 4.69) is 12.8 Å². The molecule has 0 heterocycles. The van der Waals surface area contributed by atoms with Crippen molar-refractivity contribution in [3.63, 3.8) is 0 Å². The molecule has 0 N–H and O–H groups in total. The Bertz CT molecular complexity index is 486. The van der Waals surface area contributed by atoms with Gasteiger partial charge in [-0.05, 0) is 40.7 Å². The van der Waals surface area contributed by atoms with Crippen molar-refractivity contribution in [2.24, 2.45) is 0 Å². The average Bonchev–Trinajstić information content (AvgIpc) is 2.23. The Hall–Kier alpha value is -1.43. The van der Waals surface area contributed by atoms with E-state index in [0.29, 0.717) is 5.75 Å². The molecule has 4 nitrogen and oxygen atoms in total. The van der Waals surface area contributed by atoms with Crippen molar-refractivity contribution in [1.29, 1.82) is 0 Å². The first kappa shape index (κ1) is 16.6. The van der Waals surface area contributed by atoms with Crippen molar-refractivity contribution in [2.45, 2.75) is 46.3 Å². The van der Waals surface area contributed by atoms with Crippen molar-refractivity contribution >= 4 is 24.6 Å². The van der Waals surface area contributed by atoms with Gasteiger partial charge in [-0.3, -0.25) is 0 Å². The van der Waals surface area contributed by atoms with Crippen molar-refractivity contribution in [3.8, 4) is 5.75 Å². The molecule has 112 valence electrons. The number of anilines is 1. The lowest BCUT2D eigenvalue weighted by Crippen LogP contribution is -2.26. The number of carbonyl (C=O) groups is 1. The maximum Gasteiger partial charge on any atom is 0.424 e. The number of carbonyl (C=O) groups excluding carboxylic acids is 1. The number of hydrogen-bond donors (Lipinski definition) is 1. The molecule has 0 bridgehead atoms. The molecule has 0 aliphatic carbocycles. The Balaban J connectivity index is 2.98. The van der Waals surface area contributed by atoms with Crippen LogP contribution in [0.4, 0.5) is 14.9 Å². The van der Waals surface area contributed by atoms with Crippen LogP contribution in [0.2, 0.25) is 0 Å². The van der Waals surface area contributed by atoms with Gasteiger partial charge in [0, 0.05) is 12.1 Å². The monoisotopic (exact) mass is 301 g/mol. The summed E-state index contributed by atoms with van der Waals surface area (Å²) in [5.74, 6) is -0.193. The third-order valence-corrected chi connectivity index (χ3v) is 2.43. The molecule has 0 aliphatic rings. The van der Waals surface area contributed by atoms with E-state index in [1.165, 1.54) is 18.2 Å². The van der Waals surface area contributed by atoms with Gasteiger partial charge in [0.25, 0.3) is 0 Å². The van der Waals surface area contributed by atoms with Crippen LogP contribution in [0.25, 0.3) is 0 Å². The van der Waals surface area contributed by atoms with Crippen LogP contribution in [0.15, 0.2) is 18.2 Å². The quantitative estimate of drug-likeness (QED) is 0.850. The highest BCUT2D eigenvalue weighted by Crippen LogP contribution is 2.27. The number of ether oxygens (including phenoxy) is 2. The topological polar surface area (TPSA) is 38.8 Å². The fraction of sp³-hybridized carbons (Fsp3) is 0.500. The van der Waals surface area contributed by atoms with Crippen LogP contribution in [0.3, 0.4) is 0 Å². The van der Waals surface area contributed by atoms with E-state index >= 15 is 0 Å². The zero-order chi connectivity index (χ0) is 15.5. The van der Waals surface area contributed by atoms with Crippen molar-refractivity contribution in [2.75, 3.05) is 4.31 Å². The SMILES string of the molecule is CC(C)OC(=O)N(S)c1cc(F)cc(OC(C)(C)C)c1. The lowest BCUT2D eigenvalue weighted by Gasteiger charge is -2.23. The zero-order valence-electron chi connectivity index (χ0n) is 12.3. The van der Waals surface area contributed by atoms with Gasteiger partial charge in [0.2, 0.25) is 0 Å². The van der Waals surface area contributed by atoms with Gasteiger partial charge in [0.15, 0.2) is 0 Å². The van der Waals surface area contributed by atoms with Gasteiger partial charge in [-0.2, -0.15) is 0 Å². The van der Waals surface area contributed by atoms with E-state index in [0.717, 1.165) is 4.31 Å². The third kappa shape index (κ3) is 5.28. The van der Waals surface area contributed by atoms with Gasteiger partial charge in [0.1, 0.15) is 17.2 Å². The Labute approximate surface area is 124 Å². The predicted molar refractivity (Wildman–Crippen MR) is 79.9 cm³/mol. The summed E-state index contributed by atoms with van der Waals surface area (Å²) in [6, 6.07) is 3.97. The highest BCUT2D eigenvalue weighted by atomic mass is 32.1. The van der Waals surface area contributed by atoms with E-state index in [1.54, 1.807) is 13.8 Å². The Morgan fingerprint density at radius 3 is 2.40 bits per heavy atom. The molecule has 1 amide bonds. The summed E-state index contributed by atoms with van der Waals surface area (Å²) in [6.07, 6.45) is -0.952. The summed E-state index contributed by atoms with van der Waals surface area (Å²) >= 11 is 4.03. The molecule has 20 heavy (non-hydrogen) atoms. The molecule has 0 atom stereocenters. The van der Waals surface area contributed by atoms with Gasteiger partial charge in [-0.15, -0.1) is 0 Å². The molecule has 1 rings (SSSR count). The molecule has 0 saturated carbocycles. The molecule has 0 aliphatic heterocycles. The smallest absolute Gasteiger partial charge is 0.424 e. The fourth-order valence-corrected chi connectivity index (χ4v) is 1.60. The fourth-order valence-electron chi connectivity index (χ4n) is 1.44. The Kier molecular flexibility index (Phi) is 5.28. The zero-order valence-corrected chi connectivity index (χ0v) is 13.2. The maximum absolute atomic E-state index is 13.6. The van der Waals surface area contributed by atoms with Gasteiger partial charge >= 0.3 is 6.09 Å². The molecule has 6 heteroatoms. The Morgan fingerprint density at radius 2 is 1.90 bits per heavy atom. The summed E-state index contributed by atoms with van der Waals surface area (Å²) < 4.78 is 25.1. The molecule has 1 aromatic rings. The number of nitrogens with zero attached hydrogens (tertiary/aromatic N) is 1. The second kappa shape index (κ2) is 6.35. The van der Waals surface area contributed by atoms with Crippen LogP contribution in [0.1, 0.15) is 34.6 Å². The molecule has 0 radical (unpaired) electrons. The predicted octanol–water partition coefficient (Wildman–Crippen LogP) is 4.20. The van der Waals surface area contributed by atoms with Crippen molar-refractivity contribution < 1.29 is 18.7 Å². The first-order valence-corrected chi connectivity index (χ1v) is 6.68. The van der Waals surface area contributed by atoms with Crippen LogP contribution < -0.4 is 9.04 Å². The molecule has 0 saturated heterocycles. The molecule has 0 aromatic heterocycles. The van der Waals surface area contributed by atoms with Crippen molar-refractivity contribution in [3.05, 3.63) is 24.0 Å². The van der Waals surface area contributed by atoms with E-state index < -0.39 is 17.5 Å². The van der Waals surface area contributed by atoms with Crippen LogP contribution in [-0.4, -0.2) is 17.8 Å². The first-order valence-electron chi connectivity index (χ1n) is 6.28. The normalized spacial score (nSPS) is 11.4. The van der Waals surface area contributed by atoms with E-state index in [9.17, 15) is 9.18 Å². The van der Waals surface area contributed by atoms with E-state index in [4.69, 9.17) is 9.47 Å². The average molecular weight is 301 g/mol. The summed E-state index contributed by atoms with van der Waals surface area (Å²) in [7, 11) is 0. The second-order valence-corrected chi connectivity index (χ2v) is 6.00. The third-order valence-electron chi connectivity index (χ3n) is 2.03. The van der Waals surface area contributed by atoms with E-state index in [-0.39, 0.29) is 11.8 Å². The van der Waals surface area contributed by atoms with Gasteiger partial charge in [0.05, 0.1) is 11.8 Å². The number of amides is 1. The highest BCUT2D eigenvalue weighted by Gasteiger charge is 2.19. The molecule has 1 aromatic carbocycles. The molecule has 0 fully saturated rings. The number of benzene rings is 1. The largest absolute Gasteiger partial charge is 0.488 e. The minimum Gasteiger partial charge on any atom is -0.488 e. The van der Waals surface area contributed by atoms with Gasteiger partial charge in [-0.25, -0.2) is 13.5 Å². The molecular formula is C14H20FNO3S. The number of halogens is 1. The number of hydrogen-bond acceptors (Lipinski definition) is 4. The molecular weight excluding hydrogens is 281 g/mol. The summed E-state index contributed by atoms with van der Waals surface area (Å²) in [6.45, 7) is 8.99. The minimum absolute atomic E-state index is 0.248. The van der Waals surface area contributed by atoms with Crippen LogP contribution in [0, 0.1) is 5.82 Å². The van der Waals surface area contributed by atoms with Crippen molar-refractivity contribution in [1.82, 2.24) is 0 Å². The van der Waals surface area contributed by atoms with Crippen LogP contribution >= 0.6 is 12.8 Å². The summed E-state index contributed by atoms with van der Waals surface area (Å²) in [5, 5.41) is 0. The summed E-state index contributed by atoms with van der Waals surface area (Å²) in [4.78, 5) is 11.7. The van der Waals surface area contributed by atoms with E-state index in [1.807, 2.05) is 20.8 Å². The molecule has 0 spiro atoms. The molecule has 0 unspecified atom stereocenters. The number of thiol groups is 1. The van der Waals surface area contributed by atoms with Gasteiger partial charge < -0.3 is 9.47 Å². The Morgan fingerprint density at radius 1 is 1.30 bits per heavy atom. The first-order chi connectivity index (χ1) is 9.08. The van der Waals surface area contributed by atoms with Crippen LogP contribution in [0.5, 0.6) is 5.75 Å².